The van der Waals surface area contributed by atoms with Crippen molar-refractivity contribution in [3.8, 4) is 23.0 Å². The Morgan fingerprint density at radius 1 is 1.05 bits per heavy atom. The maximum absolute atomic E-state index is 15.4. The Balaban J connectivity index is 1.37. The number of Topliss-reactive ketones (excluding diaryl/α,β-unsaturated/α-hetero) is 1. The molecule has 3 heterocycles. The second-order valence-electron chi connectivity index (χ2n) is 14.9. The van der Waals surface area contributed by atoms with Crippen LogP contribution in [0.25, 0.3) is 22.0 Å². The van der Waals surface area contributed by atoms with Crippen LogP contribution in [0.2, 0.25) is 0 Å². The lowest BCUT2D eigenvalue weighted by molar-refractivity contribution is -0.120. The van der Waals surface area contributed by atoms with Crippen molar-refractivity contribution >= 4 is 26.5 Å². The van der Waals surface area contributed by atoms with Gasteiger partial charge in [-0.15, -0.1) is 0 Å². The molecular weight excluding hydrogens is 749 g/mol. The van der Waals surface area contributed by atoms with Crippen molar-refractivity contribution in [2.24, 2.45) is 13.0 Å². The zero-order valence-corrected chi connectivity index (χ0v) is 30.9. The average molecular weight is 784 g/mol. The number of nitrogens with zero attached hydrogens (tertiary/aromatic N) is 5. The van der Waals surface area contributed by atoms with Gasteiger partial charge in [-0.05, 0) is 68.4 Å². The van der Waals surface area contributed by atoms with Crippen LogP contribution in [0.1, 0.15) is 84.5 Å². The minimum absolute atomic E-state index is 0.0476. The molecule has 2 aromatic carbocycles. The van der Waals surface area contributed by atoms with Gasteiger partial charge in [-0.3, -0.25) is 14.2 Å². The number of pyridine rings is 1. The number of aromatic nitrogens is 5. The number of sulfone groups is 1. The summed E-state index contributed by atoms with van der Waals surface area (Å²) in [6.07, 6.45) is -2.66. The molecule has 3 atom stereocenters. The summed E-state index contributed by atoms with van der Waals surface area (Å²) < 4.78 is 115. The minimum Gasteiger partial charge on any atom is -0.378 e. The molecule has 1 fully saturated rings. The van der Waals surface area contributed by atoms with Gasteiger partial charge in [0.05, 0.1) is 22.7 Å². The summed E-state index contributed by atoms with van der Waals surface area (Å²) >= 11 is 0. The molecule has 55 heavy (non-hydrogen) atoms. The van der Waals surface area contributed by atoms with Crippen LogP contribution >= 0.6 is 0 Å². The van der Waals surface area contributed by atoms with Crippen LogP contribution in [0.5, 0.6) is 0 Å². The molecule has 0 unspecified atom stereocenters. The van der Waals surface area contributed by atoms with Gasteiger partial charge in [0.1, 0.15) is 40.9 Å². The predicted octanol–water partition coefficient (Wildman–Crippen LogP) is 6.91. The van der Waals surface area contributed by atoms with Crippen LogP contribution in [-0.2, 0) is 46.3 Å². The number of para-hydroxylation sites is 1. The molecule has 0 saturated heterocycles. The standard InChI is InChI=1S/C39H35F6N5O4S/c1-38(2,52)11-10-24-8-9-26(27-6-5-7-28-31(19-55(4,53)54)47-49(3)35(27)28)33(46-24)21(12-20-13-22(40)16-23(41)14-20)15-25(51)18-50-36-32(34(48-50)37(42)43)29-17-30(29)39(36,44)45/h5-9,13-14,16,21,29-30,37,52H,12,15,17-19H2,1-4H3/t21-,29+,30-/m1/s1. The van der Waals surface area contributed by atoms with Crippen molar-refractivity contribution in [1.29, 1.82) is 0 Å². The van der Waals surface area contributed by atoms with E-state index in [-0.39, 0.29) is 46.8 Å². The van der Waals surface area contributed by atoms with E-state index in [1.165, 1.54) is 18.5 Å². The van der Waals surface area contributed by atoms with Crippen LogP contribution in [0.3, 0.4) is 0 Å². The third kappa shape index (κ3) is 7.64. The number of carbonyl (C=O) groups is 1. The normalized spacial score (nSPS) is 17.9. The molecule has 5 aromatic rings. The van der Waals surface area contributed by atoms with Crippen LogP contribution < -0.4 is 0 Å². The average Bonchev–Trinajstić information content (AvgIpc) is 3.62. The molecular formula is C39H35F6N5O4S. The van der Waals surface area contributed by atoms with E-state index < -0.39 is 87.3 Å². The van der Waals surface area contributed by atoms with E-state index in [1.54, 1.807) is 37.4 Å². The number of rotatable bonds is 11. The van der Waals surface area contributed by atoms with Crippen LogP contribution in [-0.4, -0.2) is 55.7 Å². The molecule has 16 heteroatoms. The summed E-state index contributed by atoms with van der Waals surface area (Å²) in [4.78, 5) is 18.8. The highest BCUT2D eigenvalue weighted by molar-refractivity contribution is 7.89. The van der Waals surface area contributed by atoms with E-state index in [9.17, 15) is 35.9 Å². The lowest BCUT2D eigenvalue weighted by Crippen LogP contribution is -2.24. The Bertz CT molecular complexity index is 2530. The van der Waals surface area contributed by atoms with E-state index in [4.69, 9.17) is 4.98 Å². The van der Waals surface area contributed by atoms with Gasteiger partial charge >= 0.3 is 0 Å². The number of benzene rings is 2. The molecule has 3 aromatic heterocycles. The molecule has 2 aliphatic rings. The lowest BCUT2D eigenvalue weighted by atomic mass is 9.86. The molecule has 9 nitrogen and oxygen atoms in total. The molecule has 0 radical (unpaired) electrons. The molecule has 288 valence electrons. The van der Waals surface area contributed by atoms with Gasteiger partial charge in [0.15, 0.2) is 15.6 Å². The minimum atomic E-state index is -3.49. The van der Waals surface area contributed by atoms with Gasteiger partial charge in [0.25, 0.3) is 12.3 Å². The van der Waals surface area contributed by atoms with E-state index in [2.05, 4.69) is 22.0 Å². The summed E-state index contributed by atoms with van der Waals surface area (Å²) in [5.41, 5.74) is -0.910. The smallest absolute Gasteiger partial charge is 0.293 e. The number of hydrogen-bond donors (Lipinski definition) is 1. The Morgan fingerprint density at radius 2 is 1.76 bits per heavy atom. The van der Waals surface area contributed by atoms with E-state index in [0.29, 0.717) is 32.8 Å². The first-order valence-electron chi connectivity index (χ1n) is 17.3. The number of aliphatic hydroxyl groups is 1. The number of alkyl halides is 4. The highest BCUT2D eigenvalue weighted by Gasteiger charge is 2.67. The molecule has 1 N–H and O–H groups in total. The second kappa shape index (κ2) is 13.6. The van der Waals surface area contributed by atoms with Crippen molar-refractivity contribution in [2.45, 2.75) is 75.2 Å². The van der Waals surface area contributed by atoms with Crippen molar-refractivity contribution in [1.82, 2.24) is 24.5 Å². The fourth-order valence-corrected chi connectivity index (χ4v) is 8.36. The highest BCUT2D eigenvalue weighted by atomic mass is 32.2. The first kappa shape index (κ1) is 38.3. The predicted molar refractivity (Wildman–Crippen MR) is 190 cm³/mol. The summed E-state index contributed by atoms with van der Waals surface area (Å²) in [6, 6.07) is 11.2. The highest BCUT2D eigenvalue weighted by Crippen LogP contribution is 2.68. The molecule has 0 bridgehead atoms. The van der Waals surface area contributed by atoms with E-state index in [1.807, 2.05) is 0 Å². The molecule has 7 rings (SSSR count). The number of ketones is 1. The summed E-state index contributed by atoms with van der Waals surface area (Å²) in [5, 5.41) is 19.1. The Labute approximate surface area is 312 Å². The van der Waals surface area contributed by atoms with Crippen molar-refractivity contribution in [3.05, 3.63) is 99.8 Å². The summed E-state index contributed by atoms with van der Waals surface area (Å²) in [7, 11) is -1.87. The number of hydrogen-bond acceptors (Lipinski definition) is 7. The first-order chi connectivity index (χ1) is 25.7. The molecule has 0 aliphatic heterocycles. The first-order valence-corrected chi connectivity index (χ1v) is 19.4. The maximum atomic E-state index is 15.4. The third-order valence-corrected chi connectivity index (χ3v) is 10.6. The van der Waals surface area contributed by atoms with Gasteiger partial charge in [-0.1, -0.05) is 24.1 Å². The number of carbonyl (C=O) groups excluding carboxylic acids is 1. The van der Waals surface area contributed by atoms with Crippen molar-refractivity contribution < 1.29 is 44.7 Å². The Kier molecular flexibility index (Phi) is 9.48. The lowest BCUT2D eigenvalue weighted by Gasteiger charge is -2.21. The number of aryl methyl sites for hydroxylation is 1. The van der Waals surface area contributed by atoms with Crippen LogP contribution in [0, 0.1) is 29.4 Å². The zero-order chi connectivity index (χ0) is 39.8. The molecule has 0 spiro atoms. The summed E-state index contributed by atoms with van der Waals surface area (Å²) in [6.45, 7) is 2.15. The molecule has 1 saturated carbocycles. The summed E-state index contributed by atoms with van der Waals surface area (Å²) in [5.74, 6) is -3.71. The fourth-order valence-electron chi connectivity index (χ4n) is 7.65. The number of halogens is 6. The van der Waals surface area contributed by atoms with Gasteiger partial charge in [0.2, 0.25) is 0 Å². The maximum Gasteiger partial charge on any atom is 0.293 e. The van der Waals surface area contributed by atoms with Crippen molar-refractivity contribution in [3.63, 3.8) is 0 Å². The SMILES string of the molecule is Cn1nc(CS(C)(=O)=O)c2cccc(-c3ccc(C#CC(C)(C)O)nc3[C@@H](CC(=O)Cn3nc(C(F)F)c4c3C(F)(F)[C@@H]3C[C@H]43)Cc3cc(F)cc(F)c3)c21. The molecule has 0 amide bonds. The molecule has 2 aliphatic carbocycles. The zero-order valence-electron chi connectivity index (χ0n) is 30.0. The topological polar surface area (TPSA) is 120 Å². The van der Waals surface area contributed by atoms with E-state index >= 15 is 8.78 Å². The van der Waals surface area contributed by atoms with Crippen molar-refractivity contribution in [2.75, 3.05) is 6.26 Å². The van der Waals surface area contributed by atoms with Gasteiger partial charge in [0, 0.05) is 59.7 Å². The fraction of sp³-hybridized carbons (Fsp3) is 0.385. The monoisotopic (exact) mass is 783 g/mol. The van der Waals surface area contributed by atoms with Gasteiger partial charge < -0.3 is 5.11 Å². The number of fused-ring (bicyclic) bond motifs is 4. The third-order valence-electron chi connectivity index (χ3n) is 9.81. The Morgan fingerprint density at radius 3 is 2.42 bits per heavy atom. The quantitative estimate of drug-likeness (QED) is 0.114. The second-order valence-corrected chi connectivity index (χ2v) is 17.0. The largest absolute Gasteiger partial charge is 0.378 e. The Hall–Kier alpha value is -5.01. The van der Waals surface area contributed by atoms with Crippen LogP contribution in [0.15, 0.2) is 48.5 Å². The van der Waals surface area contributed by atoms with Crippen LogP contribution in [0.4, 0.5) is 26.3 Å². The van der Waals surface area contributed by atoms with Gasteiger partial charge in [-0.25, -0.2) is 31.0 Å². The van der Waals surface area contributed by atoms with E-state index in [0.717, 1.165) is 18.4 Å². The van der Waals surface area contributed by atoms with Gasteiger partial charge in [-0.2, -0.15) is 19.0 Å².